The summed E-state index contributed by atoms with van der Waals surface area (Å²) in [5.41, 5.74) is 0.410. The first-order valence-corrected chi connectivity index (χ1v) is 7.20. The maximum Gasteiger partial charge on any atom is 0.152 e. The van der Waals surface area contributed by atoms with Gasteiger partial charge in [-0.1, -0.05) is 30.3 Å². The second-order valence-corrected chi connectivity index (χ2v) is 6.53. The molecule has 4 rings (SSSR count). The highest BCUT2D eigenvalue weighted by atomic mass is 32.2. The zero-order chi connectivity index (χ0) is 10.5. The molecule has 2 aliphatic carbocycles. The summed E-state index contributed by atoms with van der Waals surface area (Å²) >= 11 is 1.95. The highest BCUT2D eigenvalue weighted by molar-refractivity contribution is 8.00. The van der Waals surface area contributed by atoms with Crippen LogP contribution >= 0.6 is 11.8 Å². The van der Waals surface area contributed by atoms with Crippen molar-refractivity contribution in [1.82, 2.24) is 0 Å². The topological polar surface area (TPSA) is 9.23 Å². The van der Waals surface area contributed by atoms with E-state index in [2.05, 4.69) is 24.3 Å². The normalized spacial score (nSPS) is 39.8. The number of thioether (sulfide) groups is 1. The van der Waals surface area contributed by atoms with E-state index in [1.807, 2.05) is 11.8 Å². The summed E-state index contributed by atoms with van der Waals surface area (Å²) in [5, 5.41) is 0. The van der Waals surface area contributed by atoms with Crippen LogP contribution in [0.2, 0.25) is 0 Å². The molecule has 3 aliphatic rings. The van der Waals surface area contributed by atoms with Crippen LogP contribution in [0, 0.1) is 17.8 Å². The quantitative estimate of drug-likeness (QED) is 0.725. The highest BCUT2D eigenvalue weighted by Crippen LogP contribution is 2.55. The molecule has 0 saturated heterocycles. The van der Waals surface area contributed by atoms with E-state index in [0.717, 1.165) is 23.5 Å². The molecule has 0 amide bonds. The van der Waals surface area contributed by atoms with Crippen molar-refractivity contribution in [2.45, 2.75) is 36.0 Å². The van der Waals surface area contributed by atoms with Crippen molar-refractivity contribution in [3.8, 4) is 5.75 Å². The van der Waals surface area contributed by atoms with Crippen molar-refractivity contribution in [3.05, 3.63) is 24.3 Å². The molecule has 0 radical (unpaired) electrons. The van der Waals surface area contributed by atoms with Crippen LogP contribution in [0.3, 0.4) is 0 Å². The fraction of sp³-hybridized carbons (Fsp3) is 0.571. The van der Waals surface area contributed by atoms with Crippen molar-refractivity contribution in [3.63, 3.8) is 0 Å². The van der Waals surface area contributed by atoms with Gasteiger partial charge in [0.05, 0.1) is 4.90 Å². The van der Waals surface area contributed by atoms with Gasteiger partial charge >= 0.3 is 0 Å². The molecule has 1 aromatic carbocycles. The van der Waals surface area contributed by atoms with Gasteiger partial charge in [0.15, 0.2) is 5.44 Å². The van der Waals surface area contributed by atoms with E-state index in [1.165, 1.54) is 30.6 Å². The number of hydrogen-bond donors (Lipinski definition) is 0. The lowest BCUT2D eigenvalue weighted by molar-refractivity contribution is 0.172. The minimum absolute atomic E-state index is 0.410. The molecule has 0 N–H and O–H groups in total. The second-order valence-electron chi connectivity index (χ2n) is 5.39. The fourth-order valence-electron chi connectivity index (χ4n) is 3.72. The SMILES string of the molecule is c1ccc2c(c1)OC(C1CC3CCC1C3)S2. The van der Waals surface area contributed by atoms with Gasteiger partial charge in [-0.2, -0.15) is 0 Å². The van der Waals surface area contributed by atoms with Crippen molar-refractivity contribution in [2.75, 3.05) is 0 Å². The molecule has 84 valence electrons. The van der Waals surface area contributed by atoms with Crippen LogP contribution in [0.25, 0.3) is 0 Å². The van der Waals surface area contributed by atoms with Gasteiger partial charge in [0.1, 0.15) is 5.75 Å². The first kappa shape index (κ1) is 9.41. The largest absolute Gasteiger partial charge is 0.478 e. The monoisotopic (exact) mass is 232 g/mol. The fourth-order valence-corrected chi connectivity index (χ4v) is 5.02. The van der Waals surface area contributed by atoms with E-state index < -0.39 is 0 Å². The summed E-state index contributed by atoms with van der Waals surface area (Å²) in [6, 6.07) is 8.48. The summed E-state index contributed by atoms with van der Waals surface area (Å²) < 4.78 is 6.11. The van der Waals surface area contributed by atoms with Crippen molar-refractivity contribution in [1.29, 1.82) is 0 Å². The maximum atomic E-state index is 6.11. The Kier molecular flexibility index (Phi) is 2.02. The van der Waals surface area contributed by atoms with Crippen molar-refractivity contribution >= 4 is 11.8 Å². The summed E-state index contributed by atoms with van der Waals surface area (Å²) in [6.45, 7) is 0. The van der Waals surface area contributed by atoms with Gasteiger partial charge in [-0.3, -0.25) is 0 Å². The Balaban J connectivity index is 1.56. The maximum absolute atomic E-state index is 6.11. The van der Waals surface area contributed by atoms with Crippen LogP contribution in [0.5, 0.6) is 5.75 Å². The molecule has 4 atom stereocenters. The zero-order valence-corrected chi connectivity index (χ0v) is 10.1. The van der Waals surface area contributed by atoms with E-state index in [1.54, 1.807) is 0 Å². The average Bonchev–Trinajstić information content (AvgIpc) is 3.02. The minimum atomic E-state index is 0.410. The molecule has 0 spiro atoms. The Bertz CT molecular complexity index is 392. The Morgan fingerprint density at radius 2 is 2.06 bits per heavy atom. The van der Waals surface area contributed by atoms with Crippen LogP contribution in [0.4, 0.5) is 0 Å². The van der Waals surface area contributed by atoms with E-state index in [9.17, 15) is 0 Å². The summed E-state index contributed by atoms with van der Waals surface area (Å²) in [5.74, 6) is 3.90. The zero-order valence-electron chi connectivity index (χ0n) is 9.26. The predicted octanol–water partition coefficient (Wildman–Crippen LogP) is 3.93. The molecule has 2 fully saturated rings. The van der Waals surface area contributed by atoms with Gasteiger partial charge in [-0.05, 0) is 43.2 Å². The summed E-state index contributed by atoms with van der Waals surface area (Å²) in [7, 11) is 0. The van der Waals surface area contributed by atoms with Gasteiger partial charge in [0.25, 0.3) is 0 Å². The molecule has 16 heavy (non-hydrogen) atoms. The van der Waals surface area contributed by atoms with Crippen molar-refractivity contribution in [2.24, 2.45) is 17.8 Å². The van der Waals surface area contributed by atoms with Crippen LogP contribution in [0.1, 0.15) is 25.7 Å². The Morgan fingerprint density at radius 1 is 1.12 bits per heavy atom. The number of hydrogen-bond acceptors (Lipinski definition) is 2. The van der Waals surface area contributed by atoms with E-state index in [4.69, 9.17) is 4.74 Å². The molecular weight excluding hydrogens is 216 g/mol. The Hall–Kier alpha value is -0.630. The Labute approximate surface area is 101 Å². The van der Waals surface area contributed by atoms with Crippen LogP contribution < -0.4 is 4.74 Å². The first-order chi connectivity index (χ1) is 7.90. The number of benzene rings is 1. The first-order valence-electron chi connectivity index (χ1n) is 6.32. The van der Waals surface area contributed by atoms with E-state index >= 15 is 0 Å². The molecule has 2 heteroatoms. The van der Waals surface area contributed by atoms with Crippen LogP contribution in [0.15, 0.2) is 29.2 Å². The minimum Gasteiger partial charge on any atom is -0.478 e. The van der Waals surface area contributed by atoms with E-state index in [0.29, 0.717) is 5.44 Å². The number of ether oxygens (including phenoxy) is 1. The predicted molar refractivity (Wildman–Crippen MR) is 65.7 cm³/mol. The summed E-state index contributed by atoms with van der Waals surface area (Å²) in [4.78, 5) is 1.34. The van der Waals surface area contributed by atoms with Gasteiger partial charge in [0.2, 0.25) is 0 Å². The van der Waals surface area contributed by atoms with Gasteiger partial charge < -0.3 is 4.74 Å². The summed E-state index contributed by atoms with van der Waals surface area (Å²) in [6.07, 6.45) is 5.81. The number of fused-ring (bicyclic) bond motifs is 3. The number of rotatable bonds is 1. The molecule has 1 aliphatic heterocycles. The lowest BCUT2D eigenvalue weighted by atomic mass is 9.89. The molecule has 2 bridgehead atoms. The smallest absolute Gasteiger partial charge is 0.152 e. The van der Waals surface area contributed by atoms with Crippen molar-refractivity contribution < 1.29 is 4.74 Å². The van der Waals surface area contributed by atoms with Crippen LogP contribution in [-0.2, 0) is 0 Å². The van der Waals surface area contributed by atoms with Crippen LogP contribution in [-0.4, -0.2) is 5.44 Å². The van der Waals surface area contributed by atoms with Gasteiger partial charge in [-0.25, -0.2) is 0 Å². The third kappa shape index (κ3) is 1.32. The lowest BCUT2D eigenvalue weighted by Crippen LogP contribution is -2.25. The molecular formula is C14H16OS. The molecule has 0 aromatic heterocycles. The molecule has 4 unspecified atom stereocenters. The standard InChI is InChI=1S/C14H16OS/c1-2-4-13-12(3-1)15-14(16-13)11-8-9-5-6-10(11)7-9/h1-4,9-11,14H,5-8H2. The third-order valence-corrected chi connectivity index (χ3v) is 5.75. The molecule has 2 saturated carbocycles. The molecule has 1 nitrogen and oxygen atoms in total. The second kappa shape index (κ2) is 3.43. The van der Waals surface area contributed by atoms with Gasteiger partial charge in [-0.15, -0.1) is 0 Å². The average molecular weight is 232 g/mol. The van der Waals surface area contributed by atoms with E-state index in [-0.39, 0.29) is 0 Å². The Morgan fingerprint density at radius 3 is 2.81 bits per heavy atom. The lowest BCUT2D eigenvalue weighted by Gasteiger charge is -2.26. The number of para-hydroxylation sites is 1. The highest BCUT2D eigenvalue weighted by Gasteiger charge is 2.45. The van der Waals surface area contributed by atoms with Gasteiger partial charge in [0, 0.05) is 5.92 Å². The molecule has 1 heterocycles. The third-order valence-electron chi connectivity index (χ3n) is 4.48. The molecule has 1 aromatic rings.